The van der Waals surface area contributed by atoms with Crippen LogP contribution in [-0.2, 0) is 11.3 Å². The zero-order valence-electron chi connectivity index (χ0n) is 12.7. The zero-order chi connectivity index (χ0) is 14.7. The molecule has 2 aliphatic heterocycles. The Morgan fingerprint density at radius 3 is 2.62 bits per heavy atom. The van der Waals surface area contributed by atoms with Crippen LogP contribution in [0.15, 0.2) is 24.5 Å². The minimum absolute atomic E-state index is 0.178. The normalized spacial score (nSPS) is 27.0. The van der Waals surface area contributed by atoms with E-state index in [1.54, 1.807) is 0 Å². The molecule has 1 N–H and O–H groups in total. The van der Waals surface area contributed by atoms with Crippen LogP contribution in [0.4, 0.5) is 0 Å². The molecule has 3 rings (SSSR count). The summed E-state index contributed by atoms with van der Waals surface area (Å²) in [7, 11) is 0. The Labute approximate surface area is 126 Å². The molecule has 1 aromatic heterocycles. The Hall–Kier alpha value is -1.46. The van der Waals surface area contributed by atoms with Gasteiger partial charge in [0.05, 0.1) is 5.92 Å². The number of carbonyl (C=O) groups is 1. The van der Waals surface area contributed by atoms with Crippen molar-refractivity contribution in [3.63, 3.8) is 0 Å². The first-order chi connectivity index (χ1) is 10.2. The predicted octanol–water partition coefficient (Wildman–Crippen LogP) is 0.724. The van der Waals surface area contributed by atoms with Crippen LogP contribution < -0.4 is 5.32 Å². The summed E-state index contributed by atoms with van der Waals surface area (Å²) >= 11 is 0. The van der Waals surface area contributed by atoms with Crippen molar-refractivity contribution in [3.05, 3.63) is 30.1 Å². The lowest BCUT2D eigenvalue weighted by atomic mass is 10.00. The van der Waals surface area contributed by atoms with Crippen molar-refractivity contribution >= 4 is 5.91 Å². The maximum atomic E-state index is 12.5. The monoisotopic (exact) mass is 288 g/mol. The molecule has 1 aromatic rings. The first kappa shape index (κ1) is 14.5. The van der Waals surface area contributed by atoms with Crippen molar-refractivity contribution in [2.45, 2.75) is 25.9 Å². The van der Waals surface area contributed by atoms with Gasteiger partial charge in [-0.25, -0.2) is 0 Å². The summed E-state index contributed by atoms with van der Waals surface area (Å²) in [5.74, 6) is 0.521. The van der Waals surface area contributed by atoms with E-state index < -0.39 is 0 Å². The Kier molecular flexibility index (Phi) is 4.51. The van der Waals surface area contributed by atoms with Crippen molar-refractivity contribution in [1.29, 1.82) is 0 Å². The number of carbonyl (C=O) groups excluding carboxylic acids is 1. The first-order valence-electron chi connectivity index (χ1n) is 7.87. The van der Waals surface area contributed by atoms with Crippen molar-refractivity contribution < 1.29 is 4.79 Å². The topological polar surface area (TPSA) is 48.5 Å². The SMILES string of the molecule is CC1NCCC1C(=O)N1CCN(Cc2ccncc2)CC1. The number of hydrogen-bond donors (Lipinski definition) is 1. The molecule has 21 heavy (non-hydrogen) atoms. The maximum Gasteiger partial charge on any atom is 0.227 e. The molecule has 0 radical (unpaired) electrons. The summed E-state index contributed by atoms with van der Waals surface area (Å²) in [4.78, 5) is 21.0. The Bertz CT molecular complexity index is 470. The molecule has 0 spiro atoms. The van der Waals surface area contributed by atoms with Crippen LogP contribution >= 0.6 is 0 Å². The number of amides is 1. The zero-order valence-corrected chi connectivity index (χ0v) is 12.7. The lowest BCUT2D eigenvalue weighted by molar-refractivity contribution is -0.137. The van der Waals surface area contributed by atoms with E-state index in [0.29, 0.717) is 11.9 Å². The van der Waals surface area contributed by atoms with Crippen LogP contribution in [-0.4, -0.2) is 59.5 Å². The fourth-order valence-electron chi connectivity index (χ4n) is 3.30. The Morgan fingerprint density at radius 1 is 1.29 bits per heavy atom. The highest BCUT2D eigenvalue weighted by Gasteiger charge is 2.33. The van der Waals surface area contributed by atoms with E-state index in [-0.39, 0.29) is 5.92 Å². The number of piperazine rings is 1. The van der Waals surface area contributed by atoms with Crippen LogP contribution in [0.1, 0.15) is 18.9 Å². The van der Waals surface area contributed by atoms with Gasteiger partial charge in [0.25, 0.3) is 0 Å². The van der Waals surface area contributed by atoms with Gasteiger partial charge in [-0.1, -0.05) is 0 Å². The second-order valence-corrected chi connectivity index (χ2v) is 6.09. The third kappa shape index (κ3) is 3.41. The molecule has 2 unspecified atom stereocenters. The average molecular weight is 288 g/mol. The van der Waals surface area contributed by atoms with Crippen LogP contribution in [0, 0.1) is 5.92 Å². The van der Waals surface area contributed by atoms with Gasteiger partial charge in [-0.05, 0) is 37.6 Å². The first-order valence-corrected chi connectivity index (χ1v) is 7.87. The van der Waals surface area contributed by atoms with E-state index in [9.17, 15) is 4.79 Å². The van der Waals surface area contributed by atoms with Gasteiger partial charge in [0, 0.05) is 51.2 Å². The molecule has 2 atom stereocenters. The molecule has 3 heterocycles. The van der Waals surface area contributed by atoms with Crippen molar-refractivity contribution in [3.8, 4) is 0 Å². The molecule has 0 saturated carbocycles. The average Bonchev–Trinajstić information content (AvgIpc) is 2.94. The quantitative estimate of drug-likeness (QED) is 0.890. The van der Waals surface area contributed by atoms with E-state index in [1.807, 2.05) is 12.4 Å². The van der Waals surface area contributed by atoms with E-state index >= 15 is 0 Å². The maximum absolute atomic E-state index is 12.5. The third-order valence-electron chi connectivity index (χ3n) is 4.68. The van der Waals surface area contributed by atoms with Gasteiger partial charge in [-0.15, -0.1) is 0 Å². The summed E-state index contributed by atoms with van der Waals surface area (Å²) in [6, 6.07) is 4.44. The molecule has 5 heteroatoms. The highest BCUT2D eigenvalue weighted by Crippen LogP contribution is 2.19. The minimum Gasteiger partial charge on any atom is -0.340 e. The van der Waals surface area contributed by atoms with E-state index in [0.717, 1.165) is 45.7 Å². The number of rotatable bonds is 3. The van der Waals surface area contributed by atoms with Crippen LogP contribution in [0.2, 0.25) is 0 Å². The fraction of sp³-hybridized carbons (Fsp3) is 0.625. The summed E-state index contributed by atoms with van der Waals surface area (Å²) in [5.41, 5.74) is 1.29. The van der Waals surface area contributed by atoms with Gasteiger partial charge in [-0.3, -0.25) is 14.7 Å². The summed E-state index contributed by atoms with van der Waals surface area (Å²) in [6.07, 6.45) is 4.66. The highest BCUT2D eigenvalue weighted by atomic mass is 16.2. The molecule has 1 amide bonds. The molecule has 2 fully saturated rings. The summed E-state index contributed by atoms with van der Waals surface area (Å²) in [6.45, 7) is 7.67. The Morgan fingerprint density at radius 2 is 2.00 bits per heavy atom. The molecule has 114 valence electrons. The summed E-state index contributed by atoms with van der Waals surface area (Å²) in [5, 5.41) is 3.37. The van der Waals surface area contributed by atoms with Gasteiger partial charge in [-0.2, -0.15) is 0 Å². The lowest BCUT2D eigenvalue weighted by Gasteiger charge is -2.36. The van der Waals surface area contributed by atoms with Crippen LogP contribution in [0.3, 0.4) is 0 Å². The minimum atomic E-state index is 0.178. The summed E-state index contributed by atoms with van der Waals surface area (Å²) < 4.78 is 0. The lowest BCUT2D eigenvalue weighted by Crippen LogP contribution is -2.51. The van der Waals surface area contributed by atoms with Crippen molar-refractivity contribution in [2.75, 3.05) is 32.7 Å². The molecule has 2 aliphatic rings. The van der Waals surface area contributed by atoms with Gasteiger partial charge in [0.15, 0.2) is 0 Å². The van der Waals surface area contributed by atoms with Gasteiger partial charge < -0.3 is 10.2 Å². The van der Waals surface area contributed by atoms with Gasteiger partial charge >= 0.3 is 0 Å². The molecule has 2 saturated heterocycles. The van der Waals surface area contributed by atoms with Gasteiger partial charge in [0.1, 0.15) is 0 Å². The Balaban J connectivity index is 1.50. The second-order valence-electron chi connectivity index (χ2n) is 6.09. The molecule has 5 nitrogen and oxygen atoms in total. The van der Waals surface area contributed by atoms with Crippen molar-refractivity contribution in [2.24, 2.45) is 5.92 Å². The molecule has 0 aromatic carbocycles. The van der Waals surface area contributed by atoms with Gasteiger partial charge in [0.2, 0.25) is 5.91 Å². The molecule has 0 aliphatic carbocycles. The molecular formula is C16H24N4O. The van der Waals surface area contributed by atoms with E-state index in [2.05, 4.69) is 39.2 Å². The molecule has 0 bridgehead atoms. The highest BCUT2D eigenvalue weighted by molar-refractivity contribution is 5.80. The number of hydrogen-bond acceptors (Lipinski definition) is 4. The smallest absolute Gasteiger partial charge is 0.227 e. The predicted molar refractivity (Wildman–Crippen MR) is 81.7 cm³/mol. The number of nitrogens with one attached hydrogen (secondary N) is 1. The van der Waals surface area contributed by atoms with Crippen molar-refractivity contribution in [1.82, 2.24) is 20.1 Å². The molecular weight excluding hydrogens is 264 g/mol. The fourth-order valence-corrected chi connectivity index (χ4v) is 3.30. The number of nitrogens with zero attached hydrogens (tertiary/aromatic N) is 3. The largest absolute Gasteiger partial charge is 0.340 e. The van der Waals surface area contributed by atoms with Crippen LogP contribution in [0.5, 0.6) is 0 Å². The van der Waals surface area contributed by atoms with E-state index in [4.69, 9.17) is 0 Å². The third-order valence-corrected chi connectivity index (χ3v) is 4.68. The second kappa shape index (κ2) is 6.54. The van der Waals surface area contributed by atoms with Crippen LogP contribution in [0.25, 0.3) is 0 Å². The standard InChI is InChI=1S/C16H24N4O/c1-13-15(4-7-18-13)16(21)20-10-8-19(9-11-20)12-14-2-5-17-6-3-14/h2-3,5-6,13,15,18H,4,7-12H2,1H3. The number of aromatic nitrogens is 1. The number of pyridine rings is 1. The van der Waals surface area contributed by atoms with E-state index in [1.165, 1.54) is 5.56 Å².